The number of halogens is 2. The molecule has 0 amide bonds. The molecule has 9 heteroatoms. The van der Waals surface area contributed by atoms with Crippen molar-refractivity contribution in [2.24, 2.45) is 11.8 Å². The zero-order valence-corrected chi connectivity index (χ0v) is 21.0. The Kier molecular flexibility index (Phi) is 6.79. The van der Waals surface area contributed by atoms with Gasteiger partial charge in [-0.25, -0.2) is 13.8 Å². The number of rotatable bonds is 8. The first-order valence-corrected chi connectivity index (χ1v) is 12.6. The number of ether oxygens (including phenoxy) is 2. The number of carboxylic acid groups (broad SMARTS) is 1. The summed E-state index contributed by atoms with van der Waals surface area (Å²) in [6.07, 6.45) is 5.04. The van der Waals surface area contributed by atoms with Crippen molar-refractivity contribution < 1.29 is 28.2 Å². The molecule has 0 spiro atoms. The van der Waals surface area contributed by atoms with Gasteiger partial charge in [0.15, 0.2) is 17.4 Å². The number of aliphatic carboxylic acids is 1. The lowest BCUT2D eigenvalue weighted by Gasteiger charge is -2.29. The summed E-state index contributed by atoms with van der Waals surface area (Å²) < 4.78 is 41.8. The molecule has 1 aromatic carbocycles. The summed E-state index contributed by atoms with van der Waals surface area (Å²) in [7, 11) is 0. The van der Waals surface area contributed by atoms with Gasteiger partial charge in [-0.1, -0.05) is 19.1 Å². The number of carboxylic acids is 1. The molecule has 5 rings (SSSR count). The topological polar surface area (TPSA) is 94.4 Å². The second kappa shape index (κ2) is 10.0. The first-order chi connectivity index (χ1) is 17.8. The predicted octanol–water partition coefficient (Wildman–Crippen LogP) is 5.80. The van der Waals surface area contributed by atoms with E-state index >= 15 is 4.39 Å². The number of benzene rings is 1. The maximum Gasteiger partial charge on any atom is 0.306 e. The van der Waals surface area contributed by atoms with Crippen LogP contribution in [0.5, 0.6) is 11.6 Å². The van der Waals surface area contributed by atoms with Crippen molar-refractivity contribution in [3.63, 3.8) is 0 Å². The molecular weight excluding hydrogens is 480 g/mol. The van der Waals surface area contributed by atoms with Crippen LogP contribution in [0.1, 0.15) is 67.6 Å². The highest BCUT2D eigenvalue weighted by molar-refractivity contribution is 5.71. The lowest BCUT2D eigenvalue weighted by atomic mass is 9.82. The second-order valence-corrected chi connectivity index (χ2v) is 9.76. The molecule has 1 N–H and O–H groups in total. The molecule has 3 atom stereocenters. The van der Waals surface area contributed by atoms with Gasteiger partial charge in [-0.3, -0.25) is 14.8 Å². The summed E-state index contributed by atoms with van der Waals surface area (Å²) in [5.74, 6) is -2.44. The van der Waals surface area contributed by atoms with E-state index in [2.05, 4.69) is 15.0 Å². The smallest absolute Gasteiger partial charge is 0.306 e. The van der Waals surface area contributed by atoms with E-state index in [1.807, 2.05) is 13.0 Å². The van der Waals surface area contributed by atoms with Crippen LogP contribution in [0.25, 0.3) is 11.3 Å². The molecule has 1 aliphatic carbocycles. The summed E-state index contributed by atoms with van der Waals surface area (Å²) in [6, 6.07) is 5.06. The molecule has 1 saturated carbocycles. The molecule has 0 bridgehead atoms. The molecule has 194 valence electrons. The van der Waals surface area contributed by atoms with Crippen molar-refractivity contribution in [1.29, 1.82) is 0 Å². The van der Waals surface area contributed by atoms with Crippen LogP contribution in [0.3, 0.4) is 0 Å². The molecule has 1 aliphatic heterocycles. The van der Waals surface area contributed by atoms with E-state index in [4.69, 9.17) is 9.47 Å². The van der Waals surface area contributed by atoms with Gasteiger partial charge in [-0.05, 0) is 56.6 Å². The maximum absolute atomic E-state index is 15.8. The van der Waals surface area contributed by atoms with Crippen LogP contribution in [-0.2, 0) is 11.2 Å². The monoisotopic (exact) mass is 509 g/mol. The Bertz CT molecular complexity index is 1350. The van der Waals surface area contributed by atoms with Crippen LogP contribution in [-0.4, -0.2) is 32.6 Å². The minimum Gasteiger partial charge on any atom is -0.481 e. The van der Waals surface area contributed by atoms with Gasteiger partial charge >= 0.3 is 5.97 Å². The molecule has 37 heavy (non-hydrogen) atoms. The number of pyridine rings is 1. The Morgan fingerprint density at radius 2 is 2.00 bits per heavy atom. The van der Waals surface area contributed by atoms with E-state index in [0.717, 1.165) is 24.6 Å². The standard InChI is InChI=1S/C28H29F2N3O4/c1-4-36-23-11-19(20(29)12-31-23)26-15(3)33-21(13-32-26)22-10-8-17-7-9-18(25(30)27(17)37-22)24(16-5-6-16)14(2)28(34)35/h7,9,11-14,16,22,24H,4-6,8,10H2,1-3H3,(H,34,35)/t14-,22+,24-/m0/s1. The minimum atomic E-state index is -0.933. The predicted molar refractivity (Wildman–Crippen MR) is 131 cm³/mol. The van der Waals surface area contributed by atoms with Crippen molar-refractivity contribution in [3.05, 3.63) is 64.7 Å². The molecule has 2 aromatic heterocycles. The minimum absolute atomic E-state index is 0.155. The van der Waals surface area contributed by atoms with Crippen LogP contribution >= 0.6 is 0 Å². The summed E-state index contributed by atoms with van der Waals surface area (Å²) in [6.45, 7) is 5.58. The van der Waals surface area contributed by atoms with Crippen LogP contribution in [0.15, 0.2) is 30.6 Å². The van der Waals surface area contributed by atoms with E-state index in [0.29, 0.717) is 48.0 Å². The Morgan fingerprint density at radius 3 is 2.68 bits per heavy atom. The van der Waals surface area contributed by atoms with Crippen LogP contribution < -0.4 is 9.47 Å². The zero-order chi connectivity index (χ0) is 26.3. The number of aryl methyl sites for hydroxylation is 2. The average Bonchev–Trinajstić information content (AvgIpc) is 3.72. The average molecular weight is 510 g/mol. The third kappa shape index (κ3) is 4.86. The second-order valence-electron chi connectivity index (χ2n) is 9.76. The van der Waals surface area contributed by atoms with Gasteiger partial charge in [0, 0.05) is 17.5 Å². The summed E-state index contributed by atoms with van der Waals surface area (Å²) in [5.41, 5.74) is 2.77. The van der Waals surface area contributed by atoms with Crippen molar-refractivity contribution >= 4 is 5.97 Å². The lowest BCUT2D eigenvalue weighted by molar-refractivity contribution is -0.142. The Labute approximate surface area is 213 Å². The molecule has 7 nitrogen and oxygen atoms in total. The van der Waals surface area contributed by atoms with Gasteiger partial charge < -0.3 is 14.6 Å². The maximum atomic E-state index is 15.8. The Morgan fingerprint density at radius 1 is 1.22 bits per heavy atom. The Hall–Kier alpha value is -3.62. The molecule has 0 unspecified atom stereocenters. The molecule has 3 heterocycles. The zero-order valence-electron chi connectivity index (χ0n) is 21.0. The number of fused-ring (bicyclic) bond motifs is 1. The fourth-order valence-electron chi connectivity index (χ4n) is 5.18. The highest BCUT2D eigenvalue weighted by Gasteiger charge is 2.41. The highest BCUT2D eigenvalue weighted by atomic mass is 19.1. The first-order valence-electron chi connectivity index (χ1n) is 12.6. The summed E-state index contributed by atoms with van der Waals surface area (Å²) in [5, 5.41) is 9.60. The molecule has 2 aliphatic rings. The molecular formula is C28H29F2N3O4. The third-order valence-electron chi connectivity index (χ3n) is 7.23. The van der Waals surface area contributed by atoms with Crippen molar-refractivity contribution in [3.8, 4) is 22.9 Å². The Balaban J connectivity index is 1.43. The number of aromatic nitrogens is 3. The lowest BCUT2D eigenvalue weighted by Crippen LogP contribution is -2.23. The number of nitrogens with zero attached hydrogens (tertiary/aromatic N) is 3. The molecule has 0 saturated heterocycles. The SMILES string of the molecule is CCOc1cc(-c2ncc([C@H]3CCc4ccc([C@H](C5CC5)[C@H](C)C(=O)O)c(F)c4O3)nc2C)c(F)cn1. The third-order valence-corrected chi connectivity index (χ3v) is 7.23. The van der Waals surface area contributed by atoms with Gasteiger partial charge in [-0.15, -0.1) is 0 Å². The van der Waals surface area contributed by atoms with E-state index in [9.17, 15) is 14.3 Å². The van der Waals surface area contributed by atoms with Crippen LogP contribution in [0.4, 0.5) is 8.78 Å². The van der Waals surface area contributed by atoms with E-state index < -0.39 is 35.5 Å². The summed E-state index contributed by atoms with van der Waals surface area (Å²) in [4.78, 5) is 24.7. The number of hydrogen-bond acceptors (Lipinski definition) is 6. The van der Waals surface area contributed by atoms with Gasteiger partial charge in [0.2, 0.25) is 5.88 Å². The highest BCUT2D eigenvalue weighted by Crippen LogP contribution is 2.49. The first kappa shape index (κ1) is 25.0. The fourth-order valence-corrected chi connectivity index (χ4v) is 5.18. The van der Waals surface area contributed by atoms with Crippen molar-refractivity contribution in [1.82, 2.24) is 15.0 Å². The van der Waals surface area contributed by atoms with E-state index in [-0.39, 0.29) is 17.2 Å². The molecule has 3 aromatic rings. The number of hydrogen-bond donors (Lipinski definition) is 1. The molecule has 1 fully saturated rings. The van der Waals surface area contributed by atoms with Gasteiger partial charge in [0.1, 0.15) is 6.10 Å². The number of carbonyl (C=O) groups is 1. The van der Waals surface area contributed by atoms with Crippen LogP contribution in [0, 0.1) is 30.4 Å². The van der Waals surface area contributed by atoms with Gasteiger partial charge in [0.05, 0.1) is 42.0 Å². The quantitative estimate of drug-likeness (QED) is 0.410. The van der Waals surface area contributed by atoms with E-state index in [1.165, 1.54) is 12.3 Å². The van der Waals surface area contributed by atoms with Crippen LogP contribution in [0.2, 0.25) is 0 Å². The van der Waals surface area contributed by atoms with E-state index in [1.54, 1.807) is 19.9 Å². The largest absolute Gasteiger partial charge is 0.481 e. The van der Waals surface area contributed by atoms with Crippen molar-refractivity contribution in [2.75, 3.05) is 6.61 Å². The summed E-state index contributed by atoms with van der Waals surface area (Å²) >= 11 is 0. The van der Waals surface area contributed by atoms with Gasteiger partial charge in [-0.2, -0.15) is 0 Å². The fraction of sp³-hybridized carbons (Fsp3) is 0.429. The normalized spacial score (nSPS) is 18.5. The van der Waals surface area contributed by atoms with Gasteiger partial charge in [0.25, 0.3) is 0 Å². The molecule has 0 radical (unpaired) electrons. The van der Waals surface area contributed by atoms with Crippen molar-refractivity contribution in [2.45, 2.75) is 58.5 Å².